The van der Waals surface area contributed by atoms with Crippen LogP contribution < -0.4 is 4.74 Å². The molecule has 2 rings (SSSR count). The highest BCUT2D eigenvalue weighted by molar-refractivity contribution is 5.95. The lowest BCUT2D eigenvalue weighted by atomic mass is 10.2. The first-order valence-corrected chi connectivity index (χ1v) is 9.59. The number of hydrogen-bond donors (Lipinski definition) is 0. The Morgan fingerprint density at radius 1 is 1.16 bits per heavy atom. The Morgan fingerprint density at radius 3 is 2.40 bits per heavy atom. The molecule has 25 heavy (non-hydrogen) atoms. The van der Waals surface area contributed by atoms with Crippen molar-refractivity contribution >= 4 is 11.6 Å². The number of imidazole rings is 1. The fourth-order valence-corrected chi connectivity index (χ4v) is 2.99. The molecule has 0 saturated carbocycles. The average Bonchev–Trinajstić information content (AvgIpc) is 3.01. The van der Waals surface area contributed by atoms with Crippen LogP contribution >= 0.6 is 0 Å². The molecule has 2 aromatic heterocycles. The first kappa shape index (κ1) is 19.3. The predicted molar refractivity (Wildman–Crippen MR) is 101 cm³/mol. The van der Waals surface area contributed by atoms with E-state index in [9.17, 15) is 4.79 Å². The van der Waals surface area contributed by atoms with Gasteiger partial charge in [0.15, 0.2) is 11.4 Å². The number of carbonyl (C=O) groups excluding carboxylic acids is 1. The van der Waals surface area contributed by atoms with Gasteiger partial charge in [0.2, 0.25) is 0 Å². The van der Waals surface area contributed by atoms with E-state index < -0.39 is 0 Å². The minimum atomic E-state index is 0.0832. The van der Waals surface area contributed by atoms with Gasteiger partial charge in [-0.2, -0.15) is 0 Å². The molecule has 0 bridgehead atoms. The molecule has 0 aliphatic heterocycles. The fraction of sp³-hybridized carbons (Fsp3) is 0.600. The maximum Gasteiger partial charge on any atom is 0.272 e. The zero-order valence-electron chi connectivity index (χ0n) is 16.0. The van der Waals surface area contributed by atoms with Gasteiger partial charge < -0.3 is 9.64 Å². The molecule has 5 nitrogen and oxygen atoms in total. The van der Waals surface area contributed by atoms with Crippen molar-refractivity contribution in [2.75, 3.05) is 19.7 Å². The lowest BCUT2D eigenvalue weighted by Gasteiger charge is -2.22. The number of aryl methyl sites for hydroxylation is 1. The van der Waals surface area contributed by atoms with Crippen molar-refractivity contribution in [2.24, 2.45) is 0 Å². The topological polar surface area (TPSA) is 46.8 Å². The highest BCUT2D eigenvalue weighted by Crippen LogP contribution is 2.24. The van der Waals surface area contributed by atoms with Crippen LogP contribution in [0.2, 0.25) is 0 Å². The molecule has 0 aromatic carbocycles. The Morgan fingerprint density at radius 2 is 1.84 bits per heavy atom. The van der Waals surface area contributed by atoms with E-state index in [-0.39, 0.29) is 5.91 Å². The molecule has 0 saturated heterocycles. The highest BCUT2D eigenvalue weighted by Gasteiger charge is 2.24. The van der Waals surface area contributed by atoms with Crippen LogP contribution in [-0.2, 0) is 6.42 Å². The first-order valence-electron chi connectivity index (χ1n) is 9.59. The second-order valence-corrected chi connectivity index (χ2v) is 6.26. The van der Waals surface area contributed by atoms with E-state index in [1.54, 1.807) is 0 Å². The Bertz CT molecular complexity index is 686. The predicted octanol–water partition coefficient (Wildman–Crippen LogP) is 4.34. The quantitative estimate of drug-likeness (QED) is 0.643. The van der Waals surface area contributed by atoms with Crippen molar-refractivity contribution in [2.45, 2.75) is 59.8 Å². The maximum absolute atomic E-state index is 13.3. The zero-order valence-corrected chi connectivity index (χ0v) is 16.0. The molecule has 0 fully saturated rings. The molecule has 0 atom stereocenters. The SMILES string of the molecule is CCCCN(CCCC)C(=O)c1c(CC)nc2c(OCC)cccn12. The van der Waals surface area contributed by atoms with Gasteiger partial charge in [0.25, 0.3) is 5.91 Å². The molecule has 0 radical (unpaired) electrons. The Labute approximate surface area is 151 Å². The van der Waals surface area contributed by atoms with Gasteiger partial charge in [-0.05, 0) is 38.3 Å². The Kier molecular flexibility index (Phi) is 7.29. The molecule has 0 aliphatic rings. The second-order valence-electron chi connectivity index (χ2n) is 6.26. The summed E-state index contributed by atoms with van der Waals surface area (Å²) >= 11 is 0. The summed E-state index contributed by atoms with van der Waals surface area (Å²) in [4.78, 5) is 20.0. The number of amides is 1. The van der Waals surface area contributed by atoms with Gasteiger partial charge >= 0.3 is 0 Å². The lowest BCUT2D eigenvalue weighted by Crippen LogP contribution is -2.34. The van der Waals surface area contributed by atoms with Gasteiger partial charge in [-0.15, -0.1) is 0 Å². The van der Waals surface area contributed by atoms with E-state index in [0.717, 1.165) is 62.3 Å². The molecule has 0 N–H and O–H groups in total. The average molecular weight is 345 g/mol. The molecule has 0 aliphatic carbocycles. The largest absolute Gasteiger partial charge is 0.490 e. The number of hydrogen-bond acceptors (Lipinski definition) is 3. The summed E-state index contributed by atoms with van der Waals surface area (Å²) in [6.07, 6.45) is 6.85. The summed E-state index contributed by atoms with van der Waals surface area (Å²) in [6.45, 7) is 10.5. The van der Waals surface area contributed by atoms with Crippen LogP contribution in [0.5, 0.6) is 5.75 Å². The summed E-state index contributed by atoms with van der Waals surface area (Å²) in [6, 6.07) is 3.82. The van der Waals surface area contributed by atoms with Crippen LogP contribution in [0.25, 0.3) is 5.65 Å². The van der Waals surface area contributed by atoms with Gasteiger partial charge in [-0.1, -0.05) is 33.6 Å². The monoisotopic (exact) mass is 345 g/mol. The number of aromatic nitrogens is 2. The maximum atomic E-state index is 13.3. The van der Waals surface area contributed by atoms with Crippen molar-refractivity contribution in [1.82, 2.24) is 14.3 Å². The van der Waals surface area contributed by atoms with Crippen molar-refractivity contribution in [1.29, 1.82) is 0 Å². The van der Waals surface area contributed by atoms with Crippen molar-refractivity contribution in [3.63, 3.8) is 0 Å². The number of pyridine rings is 1. The summed E-state index contributed by atoms with van der Waals surface area (Å²) < 4.78 is 7.59. The molecular formula is C20H31N3O2. The summed E-state index contributed by atoms with van der Waals surface area (Å²) in [7, 11) is 0. The van der Waals surface area contributed by atoms with E-state index in [1.165, 1.54) is 0 Å². The number of rotatable bonds is 10. The molecular weight excluding hydrogens is 314 g/mol. The van der Waals surface area contributed by atoms with Gasteiger partial charge in [-0.25, -0.2) is 4.98 Å². The van der Waals surface area contributed by atoms with Gasteiger partial charge in [0.1, 0.15) is 5.69 Å². The molecule has 5 heteroatoms. The smallest absolute Gasteiger partial charge is 0.272 e. The number of unbranched alkanes of at least 4 members (excludes halogenated alkanes) is 2. The van der Waals surface area contributed by atoms with Gasteiger partial charge in [-0.3, -0.25) is 9.20 Å². The van der Waals surface area contributed by atoms with Crippen LogP contribution in [0.1, 0.15) is 69.6 Å². The third-order valence-corrected chi connectivity index (χ3v) is 4.37. The Balaban J connectivity index is 2.45. The molecule has 138 valence electrons. The summed E-state index contributed by atoms with van der Waals surface area (Å²) in [5.41, 5.74) is 2.26. The number of carbonyl (C=O) groups is 1. The molecule has 0 unspecified atom stereocenters. The van der Waals surface area contributed by atoms with E-state index in [1.807, 2.05) is 41.5 Å². The first-order chi connectivity index (χ1) is 12.2. The summed E-state index contributed by atoms with van der Waals surface area (Å²) in [5.74, 6) is 0.812. The van der Waals surface area contributed by atoms with Crippen LogP contribution in [-0.4, -0.2) is 39.9 Å². The third kappa shape index (κ3) is 4.33. The number of nitrogens with zero attached hydrogens (tertiary/aromatic N) is 3. The van der Waals surface area contributed by atoms with Crippen molar-refractivity contribution in [3.05, 3.63) is 29.7 Å². The minimum Gasteiger partial charge on any atom is -0.490 e. The van der Waals surface area contributed by atoms with Gasteiger partial charge in [0, 0.05) is 19.3 Å². The zero-order chi connectivity index (χ0) is 18.2. The van der Waals surface area contributed by atoms with Crippen LogP contribution in [0, 0.1) is 0 Å². The van der Waals surface area contributed by atoms with Crippen LogP contribution in [0.3, 0.4) is 0 Å². The Hall–Kier alpha value is -2.04. The minimum absolute atomic E-state index is 0.0832. The van der Waals surface area contributed by atoms with Crippen LogP contribution in [0.15, 0.2) is 18.3 Å². The van der Waals surface area contributed by atoms with Crippen molar-refractivity contribution < 1.29 is 9.53 Å². The fourth-order valence-electron chi connectivity index (χ4n) is 2.99. The second kappa shape index (κ2) is 9.44. The lowest BCUT2D eigenvalue weighted by molar-refractivity contribution is 0.0743. The van der Waals surface area contributed by atoms with E-state index in [4.69, 9.17) is 9.72 Å². The summed E-state index contributed by atoms with van der Waals surface area (Å²) in [5, 5.41) is 0. The van der Waals surface area contributed by atoms with E-state index in [2.05, 4.69) is 13.8 Å². The molecule has 0 spiro atoms. The van der Waals surface area contributed by atoms with E-state index >= 15 is 0 Å². The van der Waals surface area contributed by atoms with Crippen molar-refractivity contribution in [3.8, 4) is 5.75 Å². The molecule has 2 heterocycles. The van der Waals surface area contributed by atoms with Crippen LogP contribution in [0.4, 0.5) is 0 Å². The normalized spacial score (nSPS) is 11.0. The number of fused-ring (bicyclic) bond motifs is 1. The molecule has 1 amide bonds. The third-order valence-electron chi connectivity index (χ3n) is 4.37. The van der Waals surface area contributed by atoms with E-state index in [0.29, 0.717) is 12.3 Å². The highest BCUT2D eigenvalue weighted by atomic mass is 16.5. The molecule has 2 aromatic rings. The standard InChI is InChI=1S/C20H31N3O2/c1-5-9-13-22(14-10-6-2)20(24)18-16(7-3)21-19-17(25-8-4)12-11-15-23(18)19/h11-12,15H,5-10,13-14H2,1-4H3. The van der Waals surface area contributed by atoms with Gasteiger partial charge in [0.05, 0.1) is 12.3 Å². The number of ether oxygens (including phenoxy) is 1.